The fourth-order valence-electron chi connectivity index (χ4n) is 1.63. The van der Waals surface area contributed by atoms with E-state index in [0.717, 1.165) is 0 Å². The molecule has 1 amide bonds. The van der Waals surface area contributed by atoms with Crippen LogP contribution in [0.5, 0.6) is 11.5 Å². The van der Waals surface area contributed by atoms with Gasteiger partial charge in [0.1, 0.15) is 0 Å². The second kappa shape index (κ2) is 7.14. The maximum Gasteiger partial charge on any atom is 0.305 e. The van der Waals surface area contributed by atoms with Gasteiger partial charge in [0.05, 0.1) is 25.1 Å². The third-order valence-electron chi connectivity index (χ3n) is 2.69. The van der Waals surface area contributed by atoms with Crippen LogP contribution in [-0.2, 0) is 4.79 Å². The van der Waals surface area contributed by atoms with Gasteiger partial charge in [-0.05, 0) is 28.1 Å². The number of carboxylic acids is 1. The molecule has 0 spiro atoms. The normalized spacial score (nSPS) is 10.0. The van der Waals surface area contributed by atoms with Crippen molar-refractivity contribution in [3.63, 3.8) is 0 Å². The van der Waals surface area contributed by atoms with Crippen LogP contribution in [0.4, 0.5) is 0 Å². The van der Waals surface area contributed by atoms with Crippen molar-refractivity contribution in [2.24, 2.45) is 0 Å². The molecule has 0 atom stereocenters. The summed E-state index contributed by atoms with van der Waals surface area (Å²) in [6.07, 6.45) is -0.100. The summed E-state index contributed by atoms with van der Waals surface area (Å²) in [5.74, 6) is -0.305. The van der Waals surface area contributed by atoms with Crippen LogP contribution in [0.15, 0.2) is 16.6 Å². The molecule has 0 aliphatic carbocycles. The number of carboxylic acid groups (broad SMARTS) is 1. The van der Waals surface area contributed by atoms with Crippen LogP contribution < -0.4 is 9.47 Å². The number of nitrogens with zero attached hydrogens (tertiary/aromatic N) is 1. The summed E-state index contributed by atoms with van der Waals surface area (Å²) in [6.45, 7) is 0.139. The second-order valence-corrected chi connectivity index (χ2v) is 4.92. The van der Waals surface area contributed by atoms with E-state index in [1.165, 1.54) is 19.1 Å². The van der Waals surface area contributed by atoms with Crippen LogP contribution in [-0.4, -0.2) is 49.7 Å². The number of ether oxygens (including phenoxy) is 2. The molecule has 1 rings (SSSR count). The van der Waals surface area contributed by atoms with Gasteiger partial charge >= 0.3 is 5.97 Å². The van der Waals surface area contributed by atoms with Crippen LogP contribution in [0.25, 0.3) is 0 Å². The maximum absolute atomic E-state index is 12.2. The largest absolute Gasteiger partial charge is 0.493 e. The van der Waals surface area contributed by atoms with E-state index >= 15 is 0 Å². The van der Waals surface area contributed by atoms with Crippen molar-refractivity contribution in [3.05, 3.63) is 22.2 Å². The molecule has 0 aliphatic heterocycles. The standard InChI is InChI=1S/C13H16BrNO5/c1-15(5-4-11(16)17)13(18)8-6-9(14)12(20-3)10(7-8)19-2/h6-7H,4-5H2,1-3H3,(H,16,17). The molecule has 0 saturated heterocycles. The van der Waals surface area contributed by atoms with E-state index < -0.39 is 5.97 Å². The van der Waals surface area contributed by atoms with E-state index in [0.29, 0.717) is 21.5 Å². The molecular weight excluding hydrogens is 330 g/mol. The third-order valence-corrected chi connectivity index (χ3v) is 3.28. The van der Waals surface area contributed by atoms with E-state index in [1.54, 1.807) is 19.2 Å². The zero-order chi connectivity index (χ0) is 15.3. The van der Waals surface area contributed by atoms with Gasteiger partial charge in [0.25, 0.3) is 5.91 Å². The highest BCUT2D eigenvalue weighted by atomic mass is 79.9. The van der Waals surface area contributed by atoms with Crippen molar-refractivity contribution in [1.29, 1.82) is 0 Å². The Morgan fingerprint density at radius 3 is 2.45 bits per heavy atom. The van der Waals surface area contributed by atoms with Gasteiger partial charge in [0.15, 0.2) is 11.5 Å². The van der Waals surface area contributed by atoms with E-state index in [4.69, 9.17) is 14.6 Å². The highest BCUT2D eigenvalue weighted by Gasteiger charge is 2.18. The number of aliphatic carboxylic acids is 1. The molecule has 20 heavy (non-hydrogen) atoms. The van der Waals surface area contributed by atoms with Gasteiger partial charge in [-0.25, -0.2) is 0 Å². The maximum atomic E-state index is 12.2. The van der Waals surface area contributed by atoms with Crippen molar-refractivity contribution >= 4 is 27.8 Å². The van der Waals surface area contributed by atoms with Crippen LogP contribution >= 0.6 is 15.9 Å². The van der Waals surface area contributed by atoms with Gasteiger partial charge in [-0.3, -0.25) is 9.59 Å². The lowest BCUT2D eigenvalue weighted by Gasteiger charge is -2.18. The first-order chi connectivity index (χ1) is 9.40. The van der Waals surface area contributed by atoms with Crippen LogP contribution in [0, 0.1) is 0 Å². The van der Waals surface area contributed by atoms with E-state index in [1.807, 2.05) is 0 Å². The molecule has 1 aromatic carbocycles. The van der Waals surface area contributed by atoms with Crippen molar-refractivity contribution in [3.8, 4) is 11.5 Å². The molecule has 7 heteroatoms. The van der Waals surface area contributed by atoms with Gasteiger partial charge in [-0.15, -0.1) is 0 Å². The Morgan fingerprint density at radius 2 is 1.95 bits per heavy atom. The van der Waals surface area contributed by atoms with E-state index in [2.05, 4.69) is 15.9 Å². The Labute approximate surface area is 125 Å². The first-order valence-corrected chi connectivity index (χ1v) is 6.58. The van der Waals surface area contributed by atoms with E-state index in [9.17, 15) is 9.59 Å². The lowest BCUT2D eigenvalue weighted by Crippen LogP contribution is -2.29. The first kappa shape index (κ1) is 16.3. The molecule has 6 nitrogen and oxygen atoms in total. The van der Waals surface area contributed by atoms with Crippen LogP contribution in [0.3, 0.4) is 0 Å². The van der Waals surface area contributed by atoms with Crippen molar-refractivity contribution < 1.29 is 24.2 Å². The number of hydrogen-bond acceptors (Lipinski definition) is 4. The van der Waals surface area contributed by atoms with Gasteiger partial charge in [0, 0.05) is 19.2 Å². The second-order valence-electron chi connectivity index (χ2n) is 4.06. The zero-order valence-electron chi connectivity index (χ0n) is 11.5. The predicted octanol–water partition coefficient (Wildman–Crippen LogP) is 2.01. The number of hydrogen-bond donors (Lipinski definition) is 1. The number of halogens is 1. The minimum atomic E-state index is -0.946. The van der Waals surface area contributed by atoms with Crippen molar-refractivity contribution in [2.45, 2.75) is 6.42 Å². The highest BCUT2D eigenvalue weighted by Crippen LogP contribution is 2.36. The Balaban J connectivity index is 2.98. The number of carbonyl (C=O) groups excluding carboxylic acids is 1. The summed E-state index contributed by atoms with van der Waals surface area (Å²) in [7, 11) is 4.53. The Hall–Kier alpha value is -1.76. The van der Waals surface area contributed by atoms with E-state index in [-0.39, 0.29) is 18.9 Å². The topological polar surface area (TPSA) is 76.1 Å². The average molecular weight is 346 g/mol. The minimum absolute atomic E-state index is 0.100. The van der Waals surface area contributed by atoms with Crippen LogP contribution in [0.1, 0.15) is 16.8 Å². The number of carbonyl (C=O) groups is 2. The first-order valence-electron chi connectivity index (χ1n) is 5.79. The van der Waals surface area contributed by atoms with Gasteiger partial charge in [-0.2, -0.15) is 0 Å². The van der Waals surface area contributed by atoms with Gasteiger partial charge in [0.2, 0.25) is 0 Å². The molecule has 0 bridgehead atoms. The molecule has 0 fully saturated rings. The Bertz CT molecular complexity index is 518. The number of benzene rings is 1. The summed E-state index contributed by atoms with van der Waals surface area (Å²) in [4.78, 5) is 24.1. The molecule has 110 valence electrons. The molecule has 1 N–H and O–H groups in total. The summed E-state index contributed by atoms with van der Waals surface area (Å²) >= 11 is 3.31. The fourth-order valence-corrected chi connectivity index (χ4v) is 2.23. The molecule has 0 saturated carbocycles. The average Bonchev–Trinajstić information content (AvgIpc) is 2.42. The third kappa shape index (κ3) is 3.86. The van der Waals surface area contributed by atoms with Crippen molar-refractivity contribution in [2.75, 3.05) is 27.8 Å². The molecule has 0 aliphatic rings. The Kier molecular flexibility index (Phi) is 5.82. The summed E-state index contributed by atoms with van der Waals surface area (Å²) in [5.41, 5.74) is 0.391. The fraction of sp³-hybridized carbons (Fsp3) is 0.385. The molecule has 0 radical (unpaired) electrons. The van der Waals surface area contributed by atoms with Crippen molar-refractivity contribution in [1.82, 2.24) is 4.90 Å². The highest BCUT2D eigenvalue weighted by molar-refractivity contribution is 9.10. The quantitative estimate of drug-likeness (QED) is 0.853. The number of amides is 1. The minimum Gasteiger partial charge on any atom is -0.493 e. The lowest BCUT2D eigenvalue weighted by molar-refractivity contribution is -0.137. The zero-order valence-corrected chi connectivity index (χ0v) is 13.1. The predicted molar refractivity (Wildman–Crippen MR) is 76.5 cm³/mol. The summed E-state index contributed by atoms with van der Waals surface area (Å²) in [5, 5.41) is 8.63. The van der Waals surface area contributed by atoms with Crippen LogP contribution in [0.2, 0.25) is 0 Å². The molecule has 0 heterocycles. The van der Waals surface area contributed by atoms with Gasteiger partial charge in [-0.1, -0.05) is 0 Å². The molecule has 0 unspecified atom stereocenters. The molecule has 0 aromatic heterocycles. The number of rotatable bonds is 6. The lowest BCUT2D eigenvalue weighted by atomic mass is 10.1. The summed E-state index contributed by atoms with van der Waals surface area (Å²) in [6, 6.07) is 3.17. The smallest absolute Gasteiger partial charge is 0.305 e. The monoisotopic (exact) mass is 345 g/mol. The van der Waals surface area contributed by atoms with Gasteiger partial charge < -0.3 is 19.5 Å². The SMILES string of the molecule is COc1cc(C(=O)N(C)CCC(=O)O)cc(Br)c1OC. The summed E-state index contributed by atoms with van der Waals surface area (Å²) < 4.78 is 10.9. The number of methoxy groups -OCH3 is 2. The molecular formula is C13H16BrNO5. The Morgan fingerprint density at radius 1 is 1.30 bits per heavy atom. The molecule has 1 aromatic rings.